The van der Waals surface area contributed by atoms with Crippen molar-refractivity contribution in [1.29, 1.82) is 0 Å². The van der Waals surface area contributed by atoms with E-state index >= 15 is 0 Å². The molecule has 0 spiro atoms. The van der Waals surface area contributed by atoms with Gasteiger partial charge in [-0.05, 0) is 54.7 Å². The molecular weight excluding hydrogens is 323 g/mol. The molecule has 20 heavy (non-hydrogen) atoms. The summed E-state index contributed by atoms with van der Waals surface area (Å²) in [4.78, 5) is 11.5. The average Bonchev–Trinajstić information content (AvgIpc) is 2.60. The quantitative estimate of drug-likeness (QED) is 0.859. The van der Waals surface area contributed by atoms with Crippen molar-refractivity contribution in [2.45, 2.75) is 45.3 Å². The number of carbonyl (C=O) groups is 1. The van der Waals surface area contributed by atoms with Crippen molar-refractivity contribution in [3.8, 4) is 0 Å². The Bertz CT molecular complexity index is 546. The highest BCUT2D eigenvalue weighted by atomic mass is 79.9. The molecule has 1 aliphatic rings. The first kappa shape index (κ1) is 15.5. The molecule has 4 nitrogen and oxygen atoms in total. The SMILES string of the molecule is CCC1(C)OB(c2cccc(Br)c2C(=O)O)OC1(C)C. The van der Waals surface area contributed by atoms with Crippen molar-refractivity contribution in [2.24, 2.45) is 0 Å². The summed E-state index contributed by atoms with van der Waals surface area (Å²) in [5.74, 6) is -0.998. The molecule has 1 unspecified atom stereocenters. The number of hydrogen-bond donors (Lipinski definition) is 1. The zero-order chi connectivity index (χ0) is 15.1. The Morgan fingerprint density at radius 2 is 2.00 bits per heavy atom. The van der Waals surface area contributed by atoms with E-state index in [4.69, 9.17) is 9.31 Å². The van der Waals surface area contributed by atoms with Crippen molar-refractivity contribution in [2.75, 3.05) is 0 Å². The molecule has 0 radical (unpaired) electrons. The van der Waals surface area contributed by atoms with Crippen LogP contribution in [0.4, 0.5) is 0 Å². The van der Waals surface area contributed by atoms with Gasteiger partial charge in [-0.25, -0.2) is 4.79 Å². The van der Waals surface area contributed by atoms with Gasteiger partial charge in [-0.1, -0.05) is 19.1 Å². The Balaban J connectivity index is 2.45. The summed E-state index contributed by atoms with van der Waals surface area (Å²) < 4.78 is 12.5. The van der Waals surface area contributed by atoms with Crippen LogP contribution in [0.1, 0.15) is 44.5 Å². The zero-order valence-electron chi connectivity index (χ0n) is 12.1. The van der Waals surface area contributed by atoms with Gasteiger partial charge in [-0.15, -0.1) is 0 Å². The third-order valence-corrected chi connectivity index (χ3v) is 4.89. The van der Waals surface area contributed by atoms with E-state index in [1.165, 1.54) is 0 Å². The predicted molar refractivity (Wildman–Crippen MR) is 81.4 cm³/mol. The normalized spacial score (nSPS) is 24.9. The molecule has 1 aromatic carbocycles. The van der Waals surface area contributed by atoms with Gasteiger partial charge in [0, 0.05) is 4.47 Å². The van der Waals surface area contributed by atoms with Crippen LogP contribution in [-0.2, 0) is 9.31 Å². The van der Waals surface area contributed by atoms with Gasteiger partial charge in [-0.2, -0.15) is 0 Å². The molecule has 0 bridgehead atoms. The van der Waals surface area contributed by atoms with Crippen molar-refractivity contribution in [3.63, 3.8) is 0 Å². The third kappa shape index (κ3) is 2.40. The number of rotatable bonds is 3. The van der Waals surface area contributed by atoms with Gasteiger partial charge in [0.2, 0.25) is 0 Å². The maximum atomic E-state index is 11.5. The van der Waals surface area contributed by atoms with Crippen LogP contribution < -0.4 is 5.46 Å². The highest BCUT2D eigenvalue weighted by molar-refractivity contribution is 9.10. The monoisotopic (exact) mass is 340 g/mol. The van der Waals surface area contributed by atoms with E-state index in [9.17, 15) is 9.90 Å². The number of benzene rings is 1. The lowest BCUT2D eigenvalue weighted by molar-refractivity contribution is -0.0118. The summed E-state index contributed by atoms with van der Waals surface area (Å²) in [5, 5.41) is 9.38. The van der Waals surface area contributed by atoms with Gasteiger partial charge in [-0.3, -0.25) is 0 Å². The number of carboxylic acid groups (broad SMARTS) is 1. The highest BCUT2D eigenvalue weighted by Gasteiger charge is 2.54. The van der Waals surface area contributed by atoms with E-state index in [0.717, 1.165) is 6.42 Å². The average molecular weight is 341 g/mol. The summed E-state index contributed by atoms with van der Waals surface area (Å²) in [7, 11) is -0.668. The van der Waals surface area contributed by atoms with Crippen LogP contribution >= 0.6 is 15.9 Å². The van der Waals surface area contributed by atoms with E-state index in [1.807, 2.05) is 27.7 Å². The summed E-state index contributed by atoms with van der Waals surface area (Å²) in [6.45, 7) is 7.96. The molecule has 1 aliphatic heterocycles. The van der Waals surface area contributed by atoms with Crippen molar-refractivity contribution >= 4 is 34.5 Å². The topological polar surface area (TPSA) is 55.8 Å². The van der Waals surface area contributed by atoms with Crippen LogP contribution in [0.5, 0.6) is 0 Å². The summed E-state index contributed by atoms with van der Waals surface area (Å²) in [6.07, 6.45) is 0.785. The second kappa shape index (κ2) is 5.17. The minimum atomic E-state index is -0.998. The highest BCUT2D eigenvalue weighted by Crippen LogP contribution is 2.39. The molecule has 1 aromatic rings. The van der Waals surface area contributed by atoms with Crippen molar-refractivity contribution in [1.82, 2.24) is 0 Å². The molecule has 0 amide bonds. The Labute approximate surface area is 127 Å². The first-order valence-corrected chi connectivity index (χ1v) is 7.38. The van der Waals surface area contributed by atoms with E-state index in [2.05, 4.69) is 15.9 Å². The predicted octanol–water partition coefficient (Wildman–Crippen LogP) is 2.84. The van der Waals surface area contributed by atoms with E-state index in [-0.39, 0.29) is 5.56 Å². The maximum Gasteiger partial charge on any atom is 0.495 e. The Morgan fingerprint density at radius 3 is 2.50 bits per heavy atom. The van der Waals surface area contributed by atoms with Crippen molar-refractivity contribution in [3.05, 3.63) is 28.2 Å². The molecule has 2 rings (SSSR count). The summed E-state index contributed by atoms with van der Waals surface area (Å²) >= 11 is 3.28. The fourth-order valence-electron chi connectivity index (χ4n) is 2.39. The maximum absolute atomic E-state index is 11.5. The third-order valence-electron chi connectivity index (χ3n) is 4.23. The lowest BCUT2D eigenvalue weighted by Crippen LogP contribution is -2.44. The first-order chi connectivity index (χ1) is 9.22. The zero-order valence-corrected chi connectivity index (χ0v) is 13.7. The fourth-order valence-corrected chi connectivity index (χ4v) is 2.94. The second-order valence-electron chi connectivity index (χ2n) is 5.67. The van der Waals surface area contributed by atoms with Crippen LogP contribution in [-0.4, -0.2) is 29.4 Å². The largest absolute Gasteiger partial charge is 0.495 e. The molecule has 1 saturated heterocycles. The van der Waals surface area contributed by atoms with E-state index in [1.54, 1.807) is 18.2 Å². The molecule has 1 fully saturated rings. The van der Waals surface area contributed by atoms with Gasteiger partial charge >= 0.3 is 13.1 Å². The van der Waals surface area contributed by atoms with Crippen LogP contribution in [0.2, 0.25) is 0 Å². The lowest BCUT2D eigenvalue weighted by atomic mass is 9.76. The van der Waals surface area contributed by atoms with Crippen molar-refractivity contribution < 1.29 is 19.2 Å². The molecule has 1 heterocycles. The molecule has 1 atom stereocenters. The molecule has 108 valence electrons. The number of hydrogen-bond acceptors (Lipinski definition) is 3. The lowest BCUT2D eigenvalue weighted by Gasteiger charge is -2.35. The smallest absolute Gasteiger partial charge is 0.478 e. The Morgan fingerprint density at radius 1 is 1.35 bits per heavy atom. The molecule has 1 N–H and O–H groups in total. The van der Waals surface area contributed by atoms with E-state index < -0.39 is 24.3 Å². The first-order valence-electron chi connectivity index (χ1n) is 6.59. The van der Waals surface area contributed by atoms with Gasteiger partial charge < -0.3 is 14.4 Å². The molecular formula is C14H18BBrO4. The van der Waals surface area contributed by atoms with Gasteiger partial charge in [0.15, 0.2) is 0 Å². The molecule has 0 aromatic heterocycles. The van der Waals surface area contributed by atoms with Gasteiger partial charge in [0.25, 0.3) is 0 Å². The van der Waals surface area contributed by atoms with Crippen LogP contribution in [0.15, 0.2) is 22.7 Å². The Kier molecular flexibility index (Phi) is 4.02. The number of halogens is 1. The summed E-state index contributed by atoms with van der Waals surface area (Å²) in [5.41, 5.74) is -0.203. The number of carboxylic acids is 1. The summed E-state index contributed by atoms with van der Waals surface area (Å²) in [6, 6.07) is 5.22. The molecule has 0 aliphatic carbocycles. The van der Waals surface area contributed by atoms with Gasteiger partial charge in [0.05, 0.1) is 16.8 Å². The second-order valence-corrected chi connectivity index (χ2v) is 6.53. The van der Waals surface area contributed by atoms with Crippen LogP contribution in [0.3, 0.4) is 0 Å². The van der Waals surface area contributed by atoms with Crippen LogP contribution in [0.25, 0.3) is 0 Å². The standard InChI is InChI=1S/C14H18BBrO4/c1-5-14(4)13(2,3)19-15(20-14)9-7-6-8-10(16)11(9)12(17)18/h6-8H,5H2,1-4H3,(H,17,18). The van der Waals surface area contributed by atoms with E-state index in [0.29, 0.717) is 9.94 Å². The van der Waals surface area contributed by atoms with Gasteiger partial charge in [0.1, 0.15) is 0 Å². The minimum Gasteiger partial charge on any atom is -0.478 e. The van der Waals surface area contributed by atoms with Crippen LogP contribution in [0, 0.1) is 0 Å². The number of aromatic carboxylic acids is 1. The Hall–Kier alpha value is -0.845. The fraction of sp³-hybridized carbons (Fsp3) is 0.500. The molecule has 0 saturated carbocycles. The minimum absolute atomic E-state index is 0.189. The molecule has 6 heteroatoms.